The summed E-state index contributed by atoms with van der Waals surface area (Å²) in [5.74, 6) is 2.66. The van der Waals surface area contributed by atoms with Crippen LogP contribution in [0.1, 0.15) is 18.1 Å². The van der Waals surface area contributed by atoms with Gasteiger partial charge in [-0.1, -0.05) is 30.3 Å². The smallest absolute Gasteiger partial charge is 0.250 e. The molecule has 0 bridgehead atoms. The van der Waals surface area contributed by atoms with Crippen molar-refractivity contribution >= 4 is 36.5 Å². The minimum atomic E-state index is 0. The first-order valence-corrected chi connectivity index (χ1v) is 9.90. The van der Waals surface area contributed by atoms with Gasteiger partial charge in [0.1, 0.15) is 0 Å². The molecule has 10 heteroatoms. The topological polar surface area (TPSA) is 96.8 Å². The standard InChI is InChI=1S/C22H27N7O2.ClH/c1-5-31-18-12-11-17(13-19(18)30-4)15-24-28-21-25-20(26-22(27-21)29(2)3)23-14-16-9-7-6-8-10-16;/h6-13,15H,5,14H2,1-4H3,(H2,23,25,26,27,28);1H. The molecule has 1 aromatic heterocycles. The number of hydrogen-bond donors (Lipinski definition) is 2. The first kappa shape index (κ1) is 24.7. The zero-order chi connectivity index (χ0) is 22.1. The lowest BCUT2D eigenvalue weighted by atomic mass is 10.2. The first-order valence-electron chi connectivity index (χ1n) is 9.90. The Kier molecular flexibility index (Phi) is 9.49. The lowest BCUT2D eigenvalue weighted by Crippen LogP contribution is -2.16. The van der Waals surface area contributed by atoms with E-state index in [1.165, 1.54) is 0 Å². The second kappa shape index (κ2) is 12.3. The lowest BCUT2D eigenvalue weighted by molar-refractivity contribution is 0.311. The number of anilines is 3. The molecule has 32 heavy (non-hydrogen) atoms. The molecule has 2 aromatic carbocycles. The fourth-order valence-electron chi connectivity index (χ4n) is 2.67. The summed E-state index contributed by atoms with van der Waals surface area (Å²) in [7, 11) is 5.35. The van der Waals surface area contributed by atoms with Gasteiger partial charge in [-0.25, -0.2) is 5.43 Å². The number of hydrazone groups is 1. The highest BCUT2D eigenvalue weighted by molar-refractivity contribution is 5.85. The first-order chi connectivity index (χ1) is 15.1. The maximum absolute atomic E-state index is 5.54. The van der Waals surface area contributed by atoms with Gasteiger partial charge in [0.05, 0.1) is 19.9 Å². The van der Waals surface area contributed by atoms with Crippen LogP contribution in [0.5, 0.6) is 11.5 Å². The Morgan fingerprint density at radius 2 is 1.75 bits per heavy atom. The van der Waals surface area contributed by atoms with Gasteiger partial charge in [-0.05, 0) is 36.2 Å². The van der Waals surface area contributed by atoms with Crippen molar-refractivity contribution in [2.45, 2.75) is 13.5 Å². The molecule has 0 aliphatic carbocycles. The molecule has 0 saturated heterocycles. The Hall–Kier alpha value is -3.59. The largest absolute Gasteiger partial charge is 0.493 e. The van der Waals surface area contributed by atoms with E-state index >= 15 is 0 Å². The van der Waals surface area contributed by atoms with Crippen LogP contribution in [0, 0.1) is 0 Å². The lowest BCUT2D eigenvalue weighted by Gasteiger charge is -2.13. The van der Waals surface area contributed by atoms with Crippen molar-refractivity contribution in [2.24, 2.45) is 5.10 Å². The Labute approximate surface area is 194 Å². The number of nitrogens with zero attached hydrogens (tertiary/aromatic N) is 5. The third-order valence-corrected chi connectivity index (χ3v) is 4.18. The highest BCUT2D eigenvalue weighted by Crippen LogP contribution is 2.27. The van der Waals surface area contributed by atoms with Crippen LogP contribution in [0.15, 0.2) is 53.6 Å². The Balaban J connectivity index is 0.00000363. The van der Waals surface area contributed by atoms with E-state index in [4.69, 9.17) is 9.47 Å². The van der Waals surface area contributed by atoms with E-state index < -0.39 is 0 Å². The van der Waals surface area contributed by atoms with Gasteiger partial charge < -0.3 is 19.7 Å². The van der Waals surface area contributed by atoms with Gasteiger partial charge in [-0.15, -0.1) is 12.4 Å². The second-order valence-corrected chi connectivity index (χ2v) is 6.73. The van der Waals surface area contributed by atoms with Crippen molar-refractivity contribution in [1.29, 1.82) is 0 Å². The van der Waals surface area contributed by atoms with Crippen LogP contribution in [-0.2, 0) is 6.54 Å². The molecule has 2 N–H and O–H groups in total. The van der Waals surface area contributed by atoms with Gasteiger partial charge in [0.25, 0.3) is 0 Å². The number of hydrogen-bond acceptors (Lipinski definition) is 9. The average Bonchev–Trinajstić information content (AvgIpc) is 2.79. The monoisotopic (exact) mass is 457 g/mol. The van der Waals surface area contributed by atoms with E-state index in [9.17, 15) is 0 Å². The molecule has 3 rings (SSSR count). The van der Waals surface area contributed by atoms with Crippen molar-refractivity contribution in [1.82, 2.24) is 15.0 Å². The number of halogens is 1. The number of ether oxygens (including phenoxy) is 2. The third-order valence-electron chi connectivity index (χ3n) is 4.18. The van der Waals surface area contributed by atoms with E-state index in [0.29, 0.717) is 42.5 Å². The van der Waals surface area contributed by atoms with Crippen LogP contribution in [-0.4, -0.2) is 49.0 Å². The van der Waals surface area contributed by atoms with Crippen molar-refractivity contribution in [3.8, 4) is 11.5 Å². The predicted molar refractivity (Wildman–Crippen MR) is 131 cm³/mol. The van der Waals surface area contributed by atoms with Gasteiger partial charge >= 0.3 is 0 Å². The van der Waals surface area contributed by atoms with Crippen LogP contribution in [0.25, 0.3) is 0 Å². The van der Waals surface area contributed by atoms with Crippen molar-refractivity contribution < 1.29 is 9.47 Å². The quantitative estimate of drug-likeness (QED) is 0.350. The fourth-order valence-corrected chi connectivity index (χ4v) is 2.67. The molecule has 0 unspecified atom stereocenters. The molecular formula is C22H28ClN7O2. The summed E-state index contributed by atoms with van der Waals surface area (Å²) in [6, 6.07) is 15.6. The van der Waals surface area contributed by atoms with Crippen molar-refractivity contribution in [3.05, 3.63) is 59.7 Å². The van der Waals surface area contributed by atoms with Crippen LogP contribution in [0.2, 0.25) is 0 Å². The molecule has 0 spiro atoms. The molecule has 170 valence electrons. The Bertz CT molecular complexity index is 1020. The summed E-state index contributed by atoms with van der Waals surface area (Å²) in [5, 5.41) is 7.48. The number of methoxy groups -OCH3 is 1. The number of rotatable bonds is 10. The van der Waals surface area contributed by atoms with E-state index in [1.807, 2.05) is 74.4 Å². The maximum atomic E-state index is 5.54. The SMILES string of the molecule is CCOc1ccc(C=NNc2nc(NCc3ccccc3)nc(N(C)C)n2)cc1OC.Cl. The van der Waals surface area contributed by atoms with Gasteiger partial charge in [0, 0.05) is 20.6 Å². The minimum Gasteiger partial charge on any atom is -0.493 e. The Morgan fingerprint density at radius 3 is 2.44 bits per heavy atom. The zero-order valence-electron chi connectivity index (χ0n) is 18.6. The summed E-state index contributed by atoms with van der Waals surface area (Å²) in [6.45, 7) is 3.10. The third kappa shape index (κ3) is 6.98. The minimum absolute atomic E-state index is 0. The van der Waals surface area contributed by atoms with Crippen molar-refractivity contribution in [3.63, 3.8) is 0 Å². The van der Waals surface area contributed by atoms with E-state index in [-0.39, 0.29) is 12.4 Å². The summed E-state index contributed by atoms with van der Waals surface area (Å²) in [4.78, 5) is 15.0. The second-order valence-electron chi connectivity index (χ2n) is 6.73. The van der Waals surface area contributed by atoms with Crippen LogP contribution >= 0.6 is 12.4 Å². The Morgan fingerprint density at radius 1 is 1.00 bits per heavy atom. The summed E-state index contributed by atoms with van der Waals surface area (Å²) >= 11 is 0. The normalized spacial score (nSPS) is 10.4. The molecule has 9 nitrogen and oxygen atoms in total. The molecule has 3 aromatic rings. The molecule has 0 atom stereocenters. The van der Waals surface area contributed by atoms with Gasteiger partial charge in [0.15, 0.2) is 11.5 Å². The van der Waals surface area contributed by atoms with Gasteiger partial charge in [0.2, 0.25) is 17.8 Å². The molecule has 0 aliphatic heterocycles. The van der Waals surface area contributed by atoms with Crippen LogP contribution < -0.4 is 25.1 Å². The maximum Gasteiger partial charge on any atom is 0.250 e. The average molecular weight is 458 g/mol. The van der Waals surface area contributed by atoms with Crippen LogP contribution in [0.4, 0.5) is 17.8 Å². The van der Waals surface area contributed by atoms with Crippen molar-refractivity contribution in [2.75, 3.05) is 43.5 Å². The predicted octanol–water partition coefficient (Wildman–Crippen LogP) is 3.82. The molecule has 0 aliphatic rings. The molecule has 0 radical (unpaired) electrons. The van der Waals surface area contributed by atoms with E-state index in [1.54, 1.807) is 13.3 Å². The number of aromatic nitrogens is 3. The highest BCUT2D eigenvalue weighted by atomic mass is 35.5. The number of nitrogens with one attached hydrogen (secondary N) is 2. The summed E-state index contributed by atoms with van der Waals surface area (Å²) in [6.07, 6.45) is 1.66. The molecule has 0 amide bonds. The number of benzene rings is 2. The summed E-state index contributed by atoms with van der Waals surface area (Å²) in [5.41, 5.74) is 4.85. The highest BCUT2D eigenvalue weighted by Gasteiger charge is 2.08. The zero-order valence-corrected chi connectivity index (χ0v) is 19.4. The van der Waals surface area contributed by atoms with E-state index in [0.717, 1.165) is 11.1 Å². The molecular weight excluding hydrogens is 430 g/mol. The molecule has 0 saturated carbocycles. The van der Waals surface area contributed by atoms with Gasteiger partial charge in [-0.2, -0.15) is 20.1 Å². The summed E-state index contributed by atoms with van der Waals surface area (Å²) < 4.78 is 10.9. The molecule has 0 fully saturated rings. The van der Waals surface area contributed by atoms with Crippen LogP contribution in [0.3, 0.4) is 0 Å². The van der Waals surface area contributed by atoms with Gasteiger partial charge in [-0.3, -0.25) is 0 Å². The molecule has 1 heterocycles. The fraction of sp³-hybridized carbons (Fsp3) is 0.273. The van der Waals surface area contributed by atoms with E-state index in [2.05, 4.69) is 30.8 Å².